The van der Waals surface area contributed by atoms with E-state index in [1.165, 1.54) is 0 Å². The van der Waals surface area contributed by atoms with Crippen LogP contribution in [0.3, 0.4) is 0 Å². The summed E-state index contributed by atoms with van der Waals surface area (Å²) in [5, 5.41) is 17.4. The Bertz CT molecular complexity index is 704. The number of hydrogen-bond acceptors (Lipinski definition) is 4. The zero-order valence-electron chi connectivity index (χ0n) is 14.3. The Hall–Kier alpha value is -2.13. The summed E-state index contributed by atoms with van der Waals surface area (Å²) in [5.74, 6) is 0.420. The van der Waals surface area contributed by atoms with E-state index >= 15 is 0 Å². The lowest BCUT2D eigenvalue weighted by molar-refractivity contribution is -0.140. The van der Waals surface area contributed by atoms with Crippen LogP contribution in [-0.4, -0.2) is 35.2 Å². The van der Waals surface area contributed by atoms with Crippen molar-refractivity contribution in [1.29, 1.82) is 0 Å². The van der Waals surface area contributed by atoms with Crippen molar-refractivity contribution < 1.29 is 18.3 Å². The molecule has 1 heterocycles. The Balaban J connectivity index is 1.88. The van der Waals surface area contributed by atoms with Crippen molar-refractivity contribution in [3.63, 3.8) is 0 Å². The van der Waals surface area contributed by atoms with E-state index in [1.807, 2.05) is 37.3 Å². The van der Waals surface area contributed by atoms with Gasteiger partial charge in [-0.15, -0.1) is 11.3 Å². The first-order chi connectivity index (χ1) is 12.4. The fraction of sp³-hybridized carbons (Fsp3) is 0.412. The van der Waals surface area contributed by atoms with Gasteiger partial charge >= 0.3 is 6.18 Å². The molecule has 2 rings (SSSR count). The molecule has 0 aliphatic rings. The standard InChI is InChI=1S/C17H21F3N4OS/c1-2-21-16(22-9-13(25)8-12-6-4-3-5-7-12)23-10-15-24-14(11-26-15)17(18,19)20/h3-7,11,13,25H,2,8-10H2,1H3,(H2,21,22,23). The Morgan fingerprint density at radius 2 is 2.00 bits per heavy atom. The number of aliphatic hydroxyl groups is 1. The summed E-state index contributed by atoms with van der Waals surface area (Å²) in [5.41, 5.74) is 0.121. The van der Waals surface area contributed by atoms with Crippen LogP contribution in [0.25, 0.3) is 0 Å². The molecule has 1 aromatic carbocycles. The molecule has 0 radical (unpaired) electrons. The molecule has 0 saturated heterocycles. The zero-order valence-corrected chi connectivity index (χ0v) is 15.1. The van der Waals surface area contributed by atoms with E-state index in [2.05, 4.69) is 20.6 Å². The van der Waals surface area contributed by atoms with Crippen LogP contribution in [-0.2, 0) is 19.1 Å². The third-order valence-electron chi connectivity index (χ3n) is 3.38. The van der Waals surface area contributed by atoms with Crippen LogP contribution in [0.5, 0.6) is 0 Å². The number of benzene rings is 1. The van der Waals surface area contributed by atoms with Gasteiger partial charge in [0.05, 0.1) is 12.6 Å². The van der Waals surface area contributed by atoms with Crippen molar-refractivity contribution in [3.8, 4) is 0 Å². The number of alkyl halides is 3. The molecule has 0 fully saturated rings. The first-order valence-corrected chi connectivity index (χ1v) is 9.02. The molecule has 26 heavy (non-hydrogen) atoms. The van der Waals surface area contributed by atoms with Crippen molar-refractivity contribution >= 4 is 17.3 Å². The molecule has 1 atom stereocenters. The summed E-state index contributed by atoms with van der Waals surface area (Å²) in [6.45, 7) is 2.77. The highest BCUT2D eigenvalue weighted by Crippen LogP contribution is 2.30. The fourth-order valence-electron chi connectivity index (χ4n) is 2.17. The van der Waals surface area contributed by atoms with E-state index in [-0.39, 0.29) is 18.1 Å². The summed E-state index contributed by atoms with van der Waals surface area (Å²) in [6.07, 6.45) is -4.56. The summed E-state index contributed by atoms with van der Waals surface area (Å²) in [6, 6.07) is 9.59. The van der Waals surface area contributed by atoms with Crippen LogP contribution < -0.4 is 10.6 Å². The lowest BCUT2D eigenvalue weighted by Crippen LogP contribution is -2.41. The van der Waals surface area contributed by atoms with Gasteiger partial charge in [-0.05, 0) is 12.5 Å². The van der Waals surface area contributed by atoms with Crippen LogP contribution >= 0.6 is 11.3 Å². The molecule has 1 unspecified atom stereocenters. The van der Waals surface area contributed by atoms with Gasteiger partial charge in [0.25, 0.3) is 0 Å². The molecule has 0 spiro atoms. The van der Waals surface area contributed by atoms with Gasteiger partial charge in [0.1, 0.15) is 5.01 Å². The molecule has 142 valence electrons. The molecule has 2 aromatic rings. The second-order valence-corrected chi connectivity index (χ2v) is 6.49. The van der Waals surface area contributed by atoms with Crippen molar-refractivity contribution in [2.75, 3.05) is 13.1 Å². The van der Waals surface area contributed by atoms with Crippen molar-refractivity contribution in [2.24, 2.45) is 4.99 Å². The molecule has 0 amide bonds. The average molecular weight is 386 g/mol. The van der Waals surface area contributed by atoms with Gasteiger partial charge in [-0.25, -0.2) is 9.98 Å². The van der Waals surface area contributed by atoms with Crippen LogP contribution in [0.15, 0.2) is 40.7 Å². The third kappa shape index (κ3) is 6.64. The number of nitrogens with one attached hydrogen (secondary N) is 2. The molecule has 3 N–H and O–H groups in total. The highest BCUT2D eigenvalue weighted by Gasteiger charge is 2.33. The predicted molar refractivity (Wildman–Crippen MR) is 96.1 cm³/mol. The second kappa shape index (κ2) is 9.54. The summed E-state index contributed by atoms with van der Waals surface area (Å²) < 4.78 is 37.7. The molecule has 0 saturated carbocycles. The summed E-state index contributed by atoms with van der Waals surface area (Å²) in [7, 11) is 0. The minimum atomic E-state index is -4.44. The number of thiazole rings is 1. The van der Waals surface area contributed by atoms with E-state index in [4.69, 9.17) is 0 Å². The lowest BCUT2D eigenvalue weighted by Gasteiger charge is -2.15. The Labute approximate surface area is 154 Å². The van der Waals surface area contributed by atoms with Crippen molar-refractivity contribution in [2.45, 2.75) is 32.2 Å². The van der Waals surface area contributed by atoms with Gasteiger partial charge in [0.15, 0.2) is 11.7 Å². The van der Waals surface area contributed by atoms with Crippen molar-refractivity contribution in [3.05, 3.63) is 52.0 Å². The number of rotatable bonds is 7. The smallest absolute Gasteiger partial charge is 0.391 e. The molecule has 9 heteroatoms. The first kappa shape index (κ1) is 20.2. The second-order valence-electron chi connectivity index (χ2n) is 5.54. The molecular weight excluding hydrogens is 365 g/mol. The van der Waals surface area contributed by atoms with E-state index in [9.17, 15) is 18.3 Å². The minimum absolute atomic E-state index is 0.0326. The summed E-state index contributed by atoms with van der Waals surface area (Å²) >= 11 is 0.920. The molecule has 0 aliphatic heterocycles. The normalized spacial score (nSPS) is 13.5. The number of aliphatic imine (C=N–C) groups is 1. The average Bonchev–Trinajstić information content (AvgIpc) is 3.08. The summed E-state index contributed by atoms with van der Waals surface area (Å²) in [4.78, 5) is 7.77. The number of halogens is 3. The van der Waals surface area contributed by atoms with Gasteiger partial charge in [-0.1, -0.05) is 30.3 Å². The Morgan fingerprint density at radius 1 is 1.27 bits per heavy atom. The van der Waals surface area contributed by atoms with Crippen LogP contribution in [0.2, 0.25) is 0 Å². The Morgan fingerprint density at radius 3 is 2.62 bits per heavy atom. The Kier molecular flexibility index (Phi) is 7.40. The highest BCUT2D eigenvalue weighted by atomic mass is 32.1. The van der Waals surface area contributed by atoms with Gasteiger partial charge in [0.2, 0.25) is 0 Å². The molecule has 0 aliphatic carbocycles. The topological polar surface area (TPSA) is 69.5 Å². The largest absolute Gasteiger partial charge is 0.434 e. The SMILES string of the molecule is CCNC(=NCc1nc(C(F)(F)F)cs1)NCC(O)Cc1ccccc1. The zero-order chi connectivity index (χ0) is 19.0. The van der Waals surface area contributed by atoms with Gasteiger partial charge in [-0.2, -0.15) is 13.2 Å². The highest BCUT2D eigenvalue weighted by molar-refractivity contribution is 7.09. The predicted octanol–water partition coefficient (Wildman–Crippen LogP) is 2.82. The first-order valence-electron chi connectivity index (χ1n) is 8.14. The van der Waals surface area contributed by atoms with E-state index in [0.29, 0.717) is 18.9 Å². The number of hydrogen-bond donors (Lipinski definition) is 3. The van der Waals surface area contributed by atoms with Crippen LogP contribution in [0.4, 0.5) is 13.2 Å². The van der Waals surface area contributed by atoms with Gasteiger partial charge in [0, 0.05) is 24.9 Å². The number of nitrogens with zero attached hydrogens (tertiary/aromatic N) is 2. The van der Waals surface area contributed by atoms with Gasteiger partial charge in [-0.3, -0.25) is 0 Å². The molecule has 1 aromatic heterocycles. The van der Waals surface area contributed by atoms with Gasteiger partial charge < -0.3 is 15.7 Å². The third-order valence-corrected chi connectivity index (χ3v) is 4.21. The maximum Gasteiger partial charge on any atom is 0.434 e. The van der Waals surface area contributed by atoms with Crippen molar-refractivity contribution in [1.82, 2.24) is 15.6 Å². The van der Waals surface area contributed by atoms with E-state index in [0.717, 1.165) is 22.3 Å². The fourth-order valence-corrected chi connectivity index (χ4v) is 2.90. The monoisotopic (exact) mass is 386 g/mol. The molecular formula is C17H21F3N4OS. The minimum Gasteiger partial charge on any atom is -0.391 e. The number of aliphatic hydroxyl groups excluding tert-OH is 1. The maximum atomic E-state index is 12.6. The quantitative estimate of drug-likeness (QED) is 0.506. The number of guanidine groups is 1. The lowest BCUT2D eigenvalue weighted by atomic mass is 10.1. The van der Waals surface area contributed by atoms with Crippen LogP contribution in [0.1, 0.15) is 23.2 Å². The maximum absolute atomic E-state index is 12.6. The molecule has 0 bridgehead atoms. The van der Waals surface area contributed by atoms with E-state index in [1.54, 1.807) is 0 Å². The molecule has 5 nitrogen and oxygen atoms in total. The van der Waals surface area contributed by atoms with E-state index < -0.39 is 18.0 Å². The van der Waals surface area contributed by atoms with Crippen LogP contribution in [0, 0.1) is 0 Å². The number of aromatic nitrogens is 1.